The summed E-state index contributed by atoms with van der Waals surface area (Å²) >= 11 is 5.64. The molecule has 0 bridgehead atoms. The van der Waals surface area contributed by atoms with Crippen LogP contribution in [0, 0.1) is 0 Å². The van der Waals surface area contributed by atoms with Gasteiger partial charge in [-0.05, 0) is 75.4 Å². The maximum absolute atomic E-state index is 12.7. The Balaban J connectivity index is 0.00000228. The number of thiocarbonyl (C=S) groups is 1. The summed E-state index contributed by atoms with van der Waals surface area (Å²) in [4.78, 5) is 17.0. The van der Waals surface area contributed by atoms with Gasteiger partial charge in [-0.15, -0.1) is 0 Å². The zero-order valence-corrected chi connectivity index (χ0v) is 20.7. The number of hydrogen-bond acceptors (Lipinski definition) is 5. The molecule has 8 heteroatoms. The minimum atomic E-state index is -0.0814. The third-order valence-electron chi connectivity index (χ3n) is 6.32. The van der Waals surface area contributed by atoms with Crippen LogP contribution in [0.15, 0.2) is 43.0 Å². The van der Waals surface area contributed by atoms with Crippen molar-refractivity contribution in [3.8, 4) is 11.5 Å². The Labute approximate surface area is 209 Å². The average molecular weight is 485 g/mol. The molecular weight excluding hydrogens is 448 g/mol. The quantitative estimate of drug-likeness (QED) is 0.404. The topological polar surface area (TPSA) is 66.1 Å². The number of methoxy groups -OCH3 is 2. The Morgan fingerprint density at radius 2 is 1.88 bits per heavy atom. The van der Waals surface area contributed by atoms with E-state index >= 15 is 0 Å². The van der Waals surface area contributed by atoms with E-state index in [0.717, 1.165) is 35.6 Å². The van der Waals surface area contributed by atoms with Crippen LogP contribution < -0.4 is 25.0 Å². The molecule has 2 heterocycles. The molecule has 2 aromatic rings. The molecule has 2 aliphatic heterocycles. The second-order valence-corrected chi connectivity index (χ2v) is 8.91. The summed E-state index contributed by atoms with van der Waals surface area (Å²) in [7, 11) is 3.20. The molecule has 0 aromatic heterocycles. The molecule has 2 aromatic carbocycles. The fourth-order valence-corrected chi connectivity index (χ4v) is 4.81. The molecule has 2 aliphatic rings. The van der Waals surface area contributed by atoms with E-state index in [9.17, 15) is 4.79 Å². The van der Waals surface area contributed by atoms with Gasteiger partial charge in [0, 0.05) is 26.6 Å². The first-order chi connectivity index (χ1) is 16.5. The molecule has 0 unspecified atom stereocenters. The highest BCUT2D eigenvalue weighted by molar-refractivity contribution is 7.80. The van der Waals surface area contributed by atoms with Crippen LogP contribution in [0.3, 0.4) is 0 Å². The first kappa shape index (κ1) is 24.0. The third kappa shape index (κ3) is 5.18. The lowest BCUT2D eigenvalue weighted by molar-refractivity contribution is 0.0951. The summed E-state index contributed by atoms with van der Waals surface area (Å²) in [6, 6.07) is 11.2. The normalized spacial score (nSPS) is 16.0. The molecular formula is C26H36N4O3S. The van der Waals surface area contributed by atoms with Gasteiger partial charge in [0.25, 0.3) is 5.91 Å². The highest BCUT2D eigenvalue weighted by atomic mass is 32.1. The third-order valence-corrected chi connectivity index (χ3v) is 6.60. The van der Waals surface area contributed by atoms with Gasteiger partial charge in [0.15, 0.2) is 16.6 Å². The molecule has 0 radical (unpaired) electrons. The summed E-state index contributed by atoms with van der Waals surface area (Å²) < 4.78 is 10.8. The Morgan fingerprint density at radius 3 is 2.62 bits per heavy atom. The summed E-state index contributed by atoms with van der Waals surface area (Å²) in [5, 5.41) is 6.77. The number of carbonyl (C=O) groups is 1. The van der Waals surface area contributed by atoms with Crippen molar-refractivity contribution in [3.63, 3.8) is 0 Å². The Morgan fingerprint density at radius 1 is 1.12 bits per heavy atom. The van der Waals surface area contributed by atoms with Crippen molar-refractivity contribution >= 4 is 40.3 Å². The number of nitrogens with zero attached hydrogens (tertiary/aromatic N) is 2. The fraction of sp³-hybridized carbons (Fsp3) is 0.385. The van der Waals surface area contributed by atoms with E-state index in [0.29, 0.717) is 28.7 Å². The van der Waals surface area contributed by atoms with Crippen molar-refractivity contribution in [1.29, 1.82) is 0 Å². The molecule has 1 fully saturated rings. The standard InChI is InChI=1S/C26H32N4O3S.2H2/c1-18-21-10-8-19(25(31)27-12-7-15-29-13-5-4-6-14-29)16-22(21)28-26(34)30(18)20-9-11-23(32-2)24(17-20)33-3;;/h8-11,16-17H,1,4-7,12-15H2,2-3H3,(H,27,31)(H,28,34);2*1H. The summed E-state index contributed by atoms with van der Waals surface area (Å²) in [5.41, 5.74) is 3.78. The number of ether oxygens (including phenoxy) is 2. The molecule has 1 saturated heterocycles. The second-order valence-electron chi connectivity index (χ2n) is 8.52. The molecule has 0 aliphatic carbocycles. The number of carbonyl (C=O) groups excluding carboxylic acids is 1. The van der Waals surface area contributed by atoms with Gasteiger partial charge in [-0.2, -0.15) is 0 Å². The lowest BCUT2D eigenvalue weighted by Gasteiger charge is -2.34. The molecule has 184 valence electrons. The lowest BCUT2D eigenvalue weighted by Crippen LogP contribution is -2.37. The maximum atomic E-state index is 12.7. The largest absolute Gasteiger partial charge is 0.493 e. The number of rotatable bonds is 8. The number of benzene rings is 2. The van der Waals surface area contributed by atoms with Gasteiger partial charge in [0.05, 0.1) is 31.3 Å². The van der Waals surface area contributed by atoms with E-state index < -0.39 is 0 Å². The van der Waals surface area contributed by atoms with Crippen LogP contribution in [-0.4, -0.2) is 56.3 Å². The van der Waals surface area contributed by atoms with Crippen LogP contribution in [0.4, 0.5) is 11.4 Å². The van der Waals surface area contributed by atoms with Gasteiger partial charge < -0.3 is 25.0 Å². The van der Waals surface area contributed by atoms with E-state index in [2.05, 4.69) is 22.1 Å². The van der Waals surface area contributed by atoms with Gasteiger partial charge in [-0.1, -0.05) is 19.1 Å². The highest BCUT2D eigenvalue weighted by Gasteiger charge is 2.26. The number of piperidine rings is 1. The van der Waals surface area contributed by atoms with Gasteiger partial charge in [-0.25, -0.2) is 0 Å². The first-order valence-corrected chi connectivity index (χ1v) is 12.1. The Bertz CT molecular complexity index is 1090. The summed E-state index contributed by atoms with van der Waals surface area (Å²) in [5.74, 6) is 1.16. The molecule has 0 atom stereocenters. The lowest BCUT2D eigenvalue weighted by atomic mass is 10.0. The number of anilines is 2. The van der Waals surface area contributed by atoms with Crippen LogP contribution >= 0.6 is 12.2 Å². The fourth-order valence-electron chi connectivity index (χ4n) is 4.48. The summed E-state index contributed by atoms with van der Waals surface area (Å²) in [6.45, 7) is 8.31. The summed E-state index contributed by atoms with van der Waals surface area (Å²) in [6.07, 6.45) is 4.85. The van der Waals surface area contributed by atoms with Crippen molar-refractivity contribution < 1.29 is 17.1 Å². The molecule has 34 heavy (non-hydrogen) atoms. The van der Waals surface area contributed by atoms with E-state index in [-0.39, 0.29) is 8.76 Å². The Hall–Kier alpha value is -3.10. The second kappa shape index (κ2) is 10.9. The zero-order chi connectivity index (χ0) is 24.1. The first-order valence-electron chi connectivity index (χ1n) is 11.7. The minimum Gasteiger partial charge on any atom is -0.493 e. The SMILES string of the molecule is C=C1c2ccc(C(=O)NCCCN3CCCCC3)cc2NC(=S)N1c1ccc(OC)c(OC)c1.[HH].[HH]. The monoisotopic (exact) mass is 484 g/mol. The van der Waals surface area contributed by atoms with Crippen LogP contribution in [0.25, 0.3) is 5.70 Å². The minimum absolute atomic E-state index is 0. The van der Waals surface area contributed by atoms with E-state index in [4.69, 9.17) is 21.7 Å². The molecule has 0 spiro atoms. The van der Waals surface area contributed by atoms with E-state index in [1.807, 2.05) is 41.3 Å². The van der Waals surface area contributed by atoms with Gasteiger partial charge in [0.1, 0.15) is 0 Å². The molecule has 2 N–H and O–H groups in total. The van der Waals surface area contributed by atoms with Gasteiger partial charge >= 0.3 is 0 Å². The maximum Gasteiger partial charge on any atom is 0.251 e. The van der Waals surface area contributed by atoms with Crippen LogP contribution in [0.2, 0.25) is 0 Å². The predicted molar refractivity (Wildman–Crippen MR) is 145 cm³/mol. The van der Waals surface area contributed by atoms with Crippen LogP contribution in [-0.2, 0) is 0 Å². The van der Waals surface area contributed by atoms with Crippen LogP contribution in [0.5, 0.6) is 11.5 Å². The van der Waals surface area contributed by atoms with Crippen molar-refractivity contribution in [1.82, 2.24) is 10.2 Å². The number of fused-ring (bicyclic) bond motifs is 1. The smallest absolute Gasteiger partial charge is 0.251 e. The number of likely N-dealkylation sites (tertiary alicyclic amines) is 1. The van der Waals surface area contributed by atoms with Crippen LogP contribution in [0.1, 0.15) is 44.5 Å². The van der Waals surface area contributed by atoms with E-state index in [1.54, 1.807) is 14.2 Å². The molecule has 1 amide bonds. The zero-order valence-electron chi connectivity index (χ0n) is 19.9. The van der Waals surface area contributed by atoms with Gasteiger partial charge in [0.2, 0.25) is 0 Å². The van der Waals surface area contributed by atoms with E-state index in [1.165, 1.54) is 32.4 Å². The number of hydrogen-bond donors (Lipinski definition) is 2. The van der Waals surface area contributed by atoms with Gasteiger partial charge in [-0.3, -0.25) is 9.69 Å². The van der Waals surface area contributed by atoms with Crippen molar-refractivity contribution in [2.24, 2.45) is 0 Å². The molecule has 4 rings (SSSR count). The molecule has 0 saturated carbocycles. The molecule has 7 nitrogen and oxygen atoms in total. The van der Waals surface area contributed by atoms with Crippen molar-refractivity contribution in [2.45, 2.75) is 25.7 Å². The predicted octanol–water partition coefficient (Wildman–Crippen LogP) is 4.99. The Kier molecular flexibility index (Phi) is 7.70. The highest BCUT2D eigenvalue weighted by Crippen LogP contribution is 2.38. The van der Waals surface area contributed by atoms with Crippen molar-refractivity contribution in [2.75, 3.05) is 50.6 Å². The average Bonchev–Trinajstić information content (AvgIpc) is 2.86. The number of nitrogens with one attached hydrogen (secondary N) is 2. The number of amides is 1. The van der Waals surface area contributed by atoms with Crippen molar-refractivity contribution in [3.05, 3.63) is 54.1 Å².